The first-order chi connectivity index (χ1) is 9.97. The third kappa shape index (κ3) is 4.82. The van der Waals surface area contributed by atoms with Gasteiger partial charge in [0, 0.05) is 18.4 Å². The van der Waals surface area contributed by atoms with Crippen molar-refractivity contribution < 1.29 is 13.2 Å². The van der Waals surface area contributed by atoms with E-state index in [4.69, 9.17) is 0 Å². The second kappa shape index (κ2) is 7.04. The Kier molecular flexibility index (Phi) is 5.36. The minimum atomic E-state index is -3.28. The highest BCUT2D eigenvalue weighted by Crippen LogP contribution is 2.14. The van der Waals surface area contributed by atoms with E-state index in [2.05, 4.69) is 10.6 Å². The Morgan fingerprint density at radius 1 is 1.43 bits per heavy atom. The van der Waals surface area contributed by atoms with Gasteiger partial charge < -0.3 is 10.6 Å². The zero-order chi connectivity index (χ0) is 15.3. The van der Waals surface area contributed by atoms with E-state index in [1.165, 1.54) is 25.0 Å². The van der Waals surface area contributed by atoms with Crippen LogP contribution in [0.3, 0.4) is 0 Å². The van der Waals surface area contributed by atoms with Crippen LogP contribution >= 0.6 is 0 Å². The van der Waals surface area contributed by atoms with Gasteiger partial charge in [-0.1, -0.05) is 6.07 Å². The van der Waals surface area contributed by atoms with E-state index in [0.29, 0.717) is 18.0 Å². The van der Waals surface area contributed by atoms with Crippen molar-refractivity contribution in [2.75, 3.05) is 25.9 Å². The van der Waals surface area contributed by atoms with Crippen molar-refractivity contribution in [1.82, 2.24) is 10.6 Å². The molecule has 21 heavy (non-hydrogen) atoms. The minimum Gasteiger partial charge on any atom is -0.352 e. The van der Waals surface area contributed by atoms with Gasteiger partial charge >= 0.3 is 0 Å². The topological polar surface area (TPSA) is 75.3 Å². The molecule has 0 spiro atoms. The van der Waals surface area contributed by atoms with Gasteiger partial charge in [-0.25, -0.2) is 8.42 Å². The minimum absolute atomic E-state index is 0.173. The van der Waals surface area contributed by atoms with Crippen LogP contribution in [0.1, 0.15) is 29.6 Å². The van der Waals surface area contributed by atoms with Crippen LogP contribution in [0, 0.1) is 5.92 Å². The smallest absolute Gasteiger partial charge is 0.251 e. The number of sulfone groups is 1. The van der Waals surface area contributed by atoms with E-state index in [1.807, 2.05) is 0 Å². The van der Waals surface area contributed by atoms with Gasteiger partial charge in [0.15, 0.2) is 9.84 Å². The summed E-state index contributed by atoms with van der Waals surface area (Å²) in [6, 6.07) is 6.15. The number of nitrogens with one attached hydrogen (secondary N) is 2. The fraction of sp³-hybridized carbons (Fsp3) is 0.533. The average molecular weight is 310 g/mol. The number of hydrogen-bond donors (Lipinski definition) is 2. The van der Waals surface area contributed by atoms with Crippen LogP contribution in [-0.4, -0.2) is 40.2 Å². The van der Waals surface area contributed by atoms with Gasteiger partial charge in [0.1, 0.15) is 0 Å². The monoisotopic (exact) mass is 310 g/mol. The van der Waals surface area contributed by atoms with E-state index in [9.17, 15) is 13.2 Å². The second-order valence-corrected chi connectivity index (χ2v) is 7.57. The van der Waals surface area contributed by atoms with E-state index < -0.39 is 9.84 Å². The number of piperidine rings is 1. The summed E-state index contributed by atoms with van der Waals surface area (Å²) < 4.78 is 23.0. The number of rotatable bonds is 5. The molecule has 1 amide bonds. The summed E-state index contributed by atoms with van der Waals surface area (Å²) in [5.74, 6) is 0.394. The fourth-order valence-electron chi connectivity index (χ4n) is 2.53. The highest BCUT2D eigenvalue weighted by atomic mass is 32.2. The lowest BCUT2D eigenvalue weighted by Crippen LogP contribution is -2.33. The number of amides is 1. The lowest BCUT2D eigenvalue weighted by Gasteiger charge is -2.22. The maximum Gasteiger partial charge on any atom is 0.251 e. The molecular weight excluding hydrogens is 288 g/mol. The van der Waals surface area contributed by atoms with Crippen molar-refractivity contribution in [3.63, 3.8) is 0 Å². The molecule has 1 heterocycles. The third-order valence-corrected chi connectivity index (χ3v) is 4.87. The number of benzene rings is 1. The lowest BCUT2D eigenvalue weighted by molar-refractivity contribution is 0.0950. The number of carbonyl (C=O) groups is 1. The highest BCUT2D eigenvalue weighted by Gasteiger charge is 2.14. The molecule has 1 atom stereocenters. The van der Waals surface area contributed by atoms with Crippen LogP contribution in [0.15, 0.2) is 29.2 Å². The van der Waals surface area contributed by atoms with E-state index >= 15 is 0 Å². The molecular formula is C15H22N2O3S. The molecule has 116 valence electrons. The van der Waals surface area contributed by atoms with Gasteiger partial charge in [0.2, 0.25) is 0 Å². The van der Waals surface area contributed by atoms with Crippen LogP contribution in [0.25, 0.3) is 0 Å². The summed E-state index contributed by atoms with van der Waals surface area (Å²) in [5.41, 5.74) is 0.389. The molecule has 1 aliphatic rings. The quantitative estimate of drug-likeness (QED) is 0.857. The van der Waals surface area contributed by atoms with Crippen molar-refractivity contribution in [2.45, 2.75) is 24.2 Å². The molecule has 0 bridgehead atoms. The summed E-state index contributed by atoms with van der Waals surface area (Å²) in [4.78, 5) is 12.2. The summed E-state index contributed by atoms with van der Waals surface area (Å²) in [5, 5.41) is 6.21. The Labute approximate surface area is 126 Å². The maximum atomic E-state index is 12.0. The first-order valence-electron chi connectivity index (χ1n) is 7.26. The molecule has 0 radical (unpaired) electrons. The molecule has 1 unspecified atom stereocenters. The first kappa shape index (κ1) is 16.0. The second-order valence-electron chi connectivity index (χ2n) is 5.56. The van der Waals surface area contributed by atoms with Crippen molar-refractivity contribution in [2.24, 2.45) is 5.92 Å². The van der Waals surface area contributed by atoms with Crippen LogP contribution in [0.2, 0.25) is 0 Å². The molecule has 1 aromatic rings. The van der Waals surface area contributed by atoms with Crippen molar-refractivity contribution >= 4 is 15.7 Å². The SMILES string of the molecule is CS(=O)(=O)c1cccc(C(=O)NCCC2CCCNC2)c1. The zero-order valence-electron chi connectivity index (χ0n) is 12.3. The van der Waals surface area contributed by atoms with Crippen LogP contribution in [0.5, 0.6) is 0 Å². The third-order valence-electron chi connectivity index (χ3n) is 3.76. The van der Waals surface area contributed by atoms with Gasteiger partial charge in [-0.2, -0.15) is 0 Å². The molecule has 5 nitrogen and oxygen atoms in total. The predicted octanol–water partition coefficient (Wildman–Crippen LogP) is 1.21. The van der Waals surface area contributed by atoms with Crippen molar-refractivity contribution in [3.05, 3.63) is 29.8 Å². The first-order valence-corrected chi connectivity index (χ1v) is 9.15. The van der Waals surface area contributed by atoms with Crippen molar-refractivity contribution in [1.29, 1.82) is 0 Å². The fourth-order valence-corrected chi connectivity index (χ4v) is 3.20. The summed E-state index contributed by atoms with van der Waals surface area (Å²) in [7, 11) is -3.28. The molecule has 2 N–H and O–H groups in total. The van der Waals surface area contributed by atoms with Gasteiger partial charge in [0.25, 0.3) is 5.91 Å². The highest BCUT2D eigenvalue weighted by molar-refractivity contribution is 7.90. The molecule has 0 aliphatic carbocycles. The van der Waals surface area contributed by atoms with Crippen LogP contribution in [-0.2, 0) is 9.84 Å². The Morgan fingerprint density at radius 2 is 2.24 bits per heavy atom. The van der Waals surface area contributed by atoms with E-state index in [0.717, 1.165) is 25.8 Å². The van der Waals surface area contributed by atoms with Gasteiger partial charge in [0.05, 0.1) is 4.90 Å². The Morgan fingerprint density at radius 3 is 2.90 bits per heavy atom. The number of carbonyl (C=O) groups excluding carboxylic acids is 1. The average Bonchev–Trinajstić information content (AvgIpc) is 2.47. The van der Waals surface area contributed by atoms with Gasteiger partial charge in [-0.15, -0.1) is 0 Å². The van der Waals surface area contributed by atoms with Gasteiger partial charge in [-0.05, 0) is 56.5 Å². The molecule has 1 saturated heterocycles. The van der Waals surface area contributed by atoms with E-state index in [1.54, 1.807) is 12.1 Å². The Hall–Kier alpha value is -1.40. The predicted molar refractivity (Wildman–Crippen MR) is 82.1 cm³/mol. The largest absolute Gasteiger partial charge is 0.352 e. The summed E-state index contributed by atoms with van der Waals surface area (Å²) >= 11 is 0. The molecule has 1 fully saturated rings. The Bertz CT molecular complexity index is 593. The van der Waals surface area contributed by atoms with E-state index in [-0.39, 0.29) is 10.8 Å². The standard InChI is InChI=1S/C15H22N2O3S/c1-21(19,20)14-6-2-5-13(10-14)15(18)17-9-7-12-4-3-8-16-11-12/h2,5-6,10,12,16H,3-4,7-9,11H2,1H3,(H,17,18). The molecule has 6 heteroatoms. The maximum absolute atomic E-state index is 12.0. The zero-order valence-corrected chi connectivity index (χ0v) is 13.1. The molecule has 1 aromatic carbocycles. The van der Waals surface area contributed by atoms with Crippen LogP contribution < -0.4 is 10.6 Å². The summed E-state index contributed by atoms with van der Waals surface area (Å²) in [6.07, 6.45) is 4.48. The van der Waals surface area contributed by atoms with Crippen LogP contribution in [0.4, 0.5) is 0 Å². The number of hydrogen-bond acceptors (Lipinski definition) is 4. The summed E-state index contributed by atoms with van der Waals surface area (Å²) in [6.45, 7) is 2.72. The molecule has 2 rings (SSSR count). The lowest BCUT2D eigenvalue weighted by atomic mass is 9.96. The molecule has 1 aliphatic heterocycles. The molecule has 0 aromatic heterocycles. The Balaban J connectivity index is 1.88. The van der Waals surface area contributed by atoms with Crippen molar-refractivity contribution in [3.8, 4) is 0 Å². The van der Waals surface area contributed by atoms with Gasteiger partial charge in [-0.3, -0.25) is 4.79 Å². The normalized spacial score (nSPS) is 19.2. The molecule has 0 saturated carbocycles.